The first kappa shape index (κ1) is 5.64. The normalized spacial score (nSPS) is 12.0. The topological polar surface area (TPSA) is 0 Å². The van der Waals surface area contributed by atoms with Crippen molar-refractivity contribution in [1.82, 2.24) is 0 Å². The number of rotatable bonds is 0. The van der Waals surface area contributed by atoms with Crippen LogP contribution in [0.4, 0.5) is 0 Å². The van der Waals surface area contributed by atoms with Gasteiger partial charge in [0, 0.05) is 0 Å². The van der Waals surface area contributed by atoms with Crippen molar-refractivity contribution in [2.24, 2.45) is 0 Å². The molecule has 0 rings (SSSR count). The molecule has 5 heavy (non-hydrogen) atoms. The fourth-order valence-corrected chi connectivity index (χ4v) is 0. The molecule has 0 bridgehead atoms. The molecule has 0 aliphatic carbocycles. The molecule has 0 atom stereocenters. The molecule has 0 radical (unpaired) electrons. The van der Waals surface area contributed by atoms with E-state index in [0.717, 1.165) is 0 Å². The van der Waals surface area contributed by atoms with Crippen molar-refractivity contribution in [1.29, 1.82) is 0 Å². The molecular weight excluding hydrogens is 118 g/mol. The van der Waals surface area contributed by atoms with Gasteiger partial charge in [-0.05, 0) is 0 Å². The SMILES string of the molecule is [CH3][Ga-]([CH3])([CH3])[CH3]. The predicted octanol–water partition coefficient (Wildman–Crippen LogP) is 1.95. The van der Waals surface area contributed by atoms with Gasteiger partial charge >= 0.3 is 36.9 Å². The second-order valence-corrected chi connectivity index (χ2v) is 18.0. The van der Waals surface area contributed by atoms with Gasteiger partial charge in [0.2, 0.25) is 0 Å². The van der Waals surface area contributed by atoms with Crippen molar-refractivity contribution >= 4 is 15.0 Å². The van der Waals surface area contributed by atoms with Crippen LogP contribution in [0, 0.1) is 0 Å². The Labute approximate surface area is 37.5 Å². The van der Waals surface area contributed by atoms with Gasteiger partial charge in [-0.3, -0.25) is 0 Å². The van der Waals surface area contributed by atoms with Crippen molar-refractivity contribution in [2.75, 3.05) is 0 Å². The molecule has 0 heterocycles. The average Bonchev–Trinajstić information content (AvgIpc) is 0.722. The Balaban J connectivity index is 3.02. The zero-order valence-electron chi connectivity index (χ0n) is 4.58. The first-order chi connectivity index (χ1) is 2.00. The van der Waals surface area contributed by atoms with E-state index in [9.17, 15) is 0 Å². The van der Waals surface area contributed by atoms with E-state index in [1.807, 2.05) is 0 Å². The van der Waals surface area contributed by atoms with Crippen LogP contribution in [0.5, 0.6) is 0 Å². The van der Waals surface area contributed by atoms with Crippen molar-refractivity contribution in [3.05, 3.63) is 0 Å². The van der Waals surface area contributed by atoms with Crippen LogP contribution < -0.4 is 0 Å². The molecule has 0 aliphatic heterocycles. The van der Waals surface area contributed by atoms with Gasteiger partial charge in [0.25, 0.3) is 0 Å². The maximum absolute atomic E-state index is 2.39. The number of hydrogen-bond donors (Lipinski definition) is 0. The van der Waals surface area contributed by atoms with Crippen molar-refractivity contribution in [3.63, 3.8) is 0 Å². The van der Waals surface area contributed by atoms with E-state index in [4.69, 9.17) is 0 Å². The summed E-state index contributed by atoms with van der Waals surface area (Å²) in [5.74, 6) is 0. The third-order valence-electron chi connectivity index (χ3n) is 0. The predicted molar refractivity (Wildman–Crippen MR) is 29.2 cm³/mol. The maximum atomic E-state index is 2.39. The molecule has 1 heteroatoms. The van der Waals surface area contributed by atoms with Gasteiger partial charge in [0.15, 0.2) is 0 Å². The summed E-state index contributed by atoms with van der Waals surface area (Å²) in [7, 11) is 0. The molecule has 0 aromatic carbocycles. The van der Waals surface area contributed by atoms with Gasteiger partial charge in [-0.2, -0.15) is 0 Å². The first-order valence-corrected chi connectivity index (χ1v) is 12.0. The Morgan fingerprint density at radius 2 is 0.800 bits per heavy atom. The summed E-state index contributed by atoms with van der Waals surface area (Å²) in [5.41, 5.74) is 9.56. The van der Waals surface area contributed by atoms with Crippen LogP contribution >= 0.6 is 0 Å². The summed E-state index contributed by atoms with van der Waals surface area (Å²) >= 11 is -1.12. The minimum atomic E-state index is -1.12. The van der Waals surface area contributed by atoms with E-state index in [-0.39, 0.29) is 0 Å². The van der Waals surface area contributed by atoms with E-state index in [1.165, 1.54) is 0 Å². The van der Waals surface area contributed by atoms with Crippen molar-refractivity contribution < 1.29 is 0 Å². The molecule has 0 nitrogen and oxygen atoms in total. The van der Waals surface area contributed by atoms with E-state index >= 15 is 0 Å². The summed E-state index contributed by atoms with van der Waals surface area (Å²) < 4.78 is 0. The van der Waals surface area contributed by atoms with Gasteiger partial charge in [0.05, 0.1) is 0 Å². The Kier molecular flexibility index (Phi) is 1.57. The molecule has 0 saturated carbocycles. The van der Waals surface area contributed by atoms with Gasteiger partial charge in [-0.1, -0.05) is 0 Å². The Morgan fingerprint density at radius 3 is 0.800 bits per heavy atom. The molecule has 0 aromatic heterocycles. The molecule has 0 aliphatic rings. The van der Waals surface area contributed by atoms with Crippen LogP contribution in [0.15, 0.2) is 0 Å². The van der Waals surface area contributed by atoms with Crippen LogP contribution in [0.25, 0.3) is 0 Å². The third-order valence-corrected chi connectivity index (χ3v) is 0. The molecule has 0 N–H and O–H groups in total. The van der Waals surface area contributed by atoms with Crippen molar-refractivity contribution in [3.8, 4) is 0 Å². The van der Waals surface area contributed by atoms with E-state index in [2.05, 4.69) is 21.9 Å². The molecule has 0 fully saturated rings. The summed E-state index contributed by atoms with van der Waals surface area (Å²) in [6.45, 7) is 0. The van der Waals surface area contributed by atoms with Gasteiger partial charge < -0.3 is 0 Å². The molecule has 0 spiro atoms. The summed E-state index contributed by atoms with van der Waals surface area (Å²) in [4.78, 5) is 0. The van der Waals surface area contributed by atoms with E-state index < -0.39 is 15.0 Å². The zero-order chi connectivity index (χ0) is 4.50. The quantitative estimate of drug-likeness (QED) is 0.439. The fraction of sp³-hybridized carbons (Fsp3) is 1.00. The van der Waals surface area contributed by atoms with Gasteiger partial charge in [-0.15, -0.1) is 0 Å². The number of hydrogen-bond acceptors (Lipinski definition) is 0. The summed E-state index contributed by atoms with van der Waals surface area (Å²) in [6.07, 6.45) is 0. The molecule has 0 unspecified atom stereocenters. The zero-order valence-corrected chi connectivity index (χ0v) is 7.00. The van der Waals surface area contributed by atoms with Crippen LogP contribution in [0.1, 0.15) is 0 Å². The molecule has 0 aromatic rings. The fourth-order valence-electron chi connectivity index (χ4n) is 0. The molecular formula is C4H12Ga-. The molecule has 0 saturated heterocycles. The first-order valence-electron chi connectivity index (χ1n) is 2.31. The van der Waals surface area contributed by atoms with Gasteiger partial charge in [0.1, 0.15) is 0 Å². The second kappa shape index (κ2) is 1.39. The van der Waals surface area contributed by atoms with E-state index in [1.54, 1.807) is 0 Å². The average molecular weight is 130 g/mol. The Hall–Kier alpha value is 0.636. The van der Waals surface area contributed by atoms with Gasteiger partial charge in [-0.25, -0.2) is 0 Å². The van der Waals surface area contributed by atoms with E-state index in [0.29, 0.717) is 0 Å². The van der Waals surface area contributed by atoms with Crippen molar-refractivity contribution in [2.45, 2.75) is 21.9 Å². The summed E-state index contributed by atoms with van der Waals surface area (Å²) in [6, 6.07) is 0. The molecule has 32 valence electrons. The monoisotopic (exact) mass is 129 g/mol. The third kappa shape index (κ3) is 79.6. The molecule has 0 amide bonds. The van der Waals surface area contributed by atoms with Crippen LogP contribution in [-0.2, 0) is 0 Å². The van der Waals surface area contributed by atoms with Crippen LogP contribution in [-0.4, -0.2) is 15.0 Å². The standard InChI is InChI=1S/4CH3.Ga/h4*1H3;/q;;;;-1. The Bertz CT molecular complexity index is 19.1. The minimum absolute atomic E-state index is 1.12. The summed E-state index contributed by atoms with van der Waals surface area (Å²) in [5, 5.41) is 0. The van der Waals surface area contributed by atoms with Crippen LogP contribution in [0.2, 0.25) is 21.9 Å². The second-order valence-electron chi connectivity index (χ2n) is 3.46. The van der Waals surface area contributed by atoms with Crippen LogP contribution in [0.3, 0.4) is 0 Å². The Morgan fingerprint density at radius 1 is 0.800 bits per heavy atom.